The van der Waals surface area contributed by atoms with Gasteiger partial charge < -0.3 is 14.8 Å². The molecule has 0 bridgehead atoms. The maximum Gasteiger partial charge on any atom is 0.341 e. The maximum atomic E-state index is 12.1. The molecule has 0 spiro atoms. The molecule has 1 amide bonds. The third-order valence-electron chi connectivity index (χ3n) is 3.45. The Labute approximate surface area is 160 Å². The predicted octanol–water partition coefficient (Wildman–Crippen LogP) is 4.32. The molecule has 0 radical (unpaired) electrons. The van der Waals surface area contributed by atoms with E-state index in [2.05, 4.69) is 10.3 Å². The Hall–Kier alpha value is -3.38. The first kappa shape index (κ1) is 18.4. The van der Waals surface area contributed by atoms with E-state index < -0.39 is 18.5 Å². The van der Waals surface area contributed by atoms with Crippen LogP contribution in [0.1, 0.15) is 10.4 Å². The number of pyridine rings is 1. The van der Waals surface area contributed by atoms with Crippen molar-refractivity contribution in [2.75, 3.05) is 11.9 Å². The molecular weight excluding hydrogens is 368 g/mol. The molecule has 0 atom stereocenters. The van der Waals surface area contributed by atoms with Crippen molar-refractivity contribution in [1.29, 1.82) is 0 Å². The van der Waals surface area contributed by atoms with Crippen LogP contribution >= 0.6 is 11.6 Å². The molecule has 136 valence electrons. The van der Waals surface area contributed by atoms with Crippen LogP contribution < -0.4 is 10.1 Å². The molecule has 0 aliphatic rings. The second-order valence-corrected chi connectivity index (χ2v) is 5.74. The van der Waals surface area contributed by atoms with Crippen LogP contribution in [0.15, 0.2) is 72.9 Å². The number of carbonyl (C=O) groups is 2. The third kappa shape index (κ3) is 5.05. The standard InChI is InChI=1S/C20H15ClN2O4/c21-19-15(9-6-12-22-19)20(25)26-13-18(24)23-16-10-4-5-11-17(16)27-14-7-2-1-3-8-14/h1-12H,13H2,(H,23,24). The summed E-state index contributed by atoms with van der Waals surface area (Å²) in [6.07, 6.45) is 1.45. The van der Waals surface area contributed by atoms with Crippen molar-refractivity contribution in [3.63, 3.8) is 0 Å². The van der Waals surface area contributed by atoms with Gasteiger partial charge in [-0.1, -0.05) is 41.9 Å². The summed E-state index contributed by atoms with van der Waals surface area (Å²) < 4.78 is 10.8. The van der Waals surface area contributed by atoms with Crippen molar-refractivity contribution in [2.24, 2.45) is 0 Å². The Morgan fingerprint density at radius 1 is 0.963 bits per heavy atom. The lowest BCUT2D eigenvalue weighted by molar-refractivity contribution is -0.119. The Morgan fingerprint density at radius 3 is 2.48 bits per heavy atom. The molecule has 0 aliphatic carbocycles. The zero-order valence-corrected chi connectivity index (χ0v) is 14.8. The van der Waals surface area contributed by atoms with Gasteiger partial charge in [-0.15, -0.1) is 0 Å². The first-order valence-electron chi connectivity index (χ1n) is 8.03. The summed E-state index contributed by atoms with van der Waals surface area (Å²) in [5.74, 6) is -0.125. The molecule has 3 aromatic rings. The summed E-state index contributed by atoms with van der Waals surface area (Å²) in [6.45, 7) is -0.469. The van der Waals surface area contributed by atoms with E-state index in [1.807, 2.05) is 18.2 Å². The number of anilines is 1. The van der Waals surface area contributed by atoms with Gasteiger partial charge in [-0.2, -0.15) is 0 Å². The minimum atomic E-state index is -0.725. The van der Waals surface area contributed by atoms with Gasteiger partial charge in [0.1, 0.15) is 10.9 Å². The van der Waals surface area contributed by atoms with Crippen LogP contribution in [0, 0.1) is 0 Å². The van der Waals surface area contributed by atoms with Gasteiger partial charge in [0, 0.05) is 6.20 Å². The molecule has 0 aliphatic heterocycles. The van der Waals surface area contributed by atoms with Crippen LogP contribution in [-0.2, 0) is 9.53 Å². The molecule has 1 N–H and O–H groups in total. The average Bonchev–Trinajstić information content (AvgIpc) is 2.69. The average molecular weight is 383 g/mol. The molecule has 2 aromatic carbocycles. The lowest BCUT2D eigenvalue weighted by Crippen LogP contribution is -2.21. The summed E-state index contributed by atoms with van der Waals surface area (Å²) in [6, 6.07) is 19.2. The summed E-state index contributed by atoms with van der Waals surface area (Å²) in [5, 5.41) is 2.68. The van der Waals surface area contributed by atoms with Crippen molar-refractivity contribution in [1.82, 2.24) is 4.98 Å². The summed E-state index contributed by atoms with van der Waals surface area (Å²) in [5.41, 5.74) is 0.557. The molecule has 1 heterocycles. The number of hydrogen-bond donors (Lipinski definition) is 1. The van der Waals surface area contributed by atoms with E-state index in [-0.39, 0.29) is 10.7 Å². The molecule has 0 saturated carbocycles. The van der Waals surface area contributed by atoms with Crippen molar-refractivity contribution < 1.29 is 19.1 Å². The third-order valence-corrected chi connectivity index (χ3v) is 3.75. The first-order chi connectivity index (χ1) is 13.1. The number of benzene rings is 2. The molecule has 0 fully saturated rings. The number of nitrogens with one attached hydrogen (secondary N) is 1. The number of ether oxygens (including phenoxy) is 2. The molecule has 1 aromatic heterocycles. The van der Waals surface area contributed by atoms with E-state index in [0.717, 1.165) is 0 Å². The van der Waals surface area contributed by atoms with Crippen molar-refractivity contribution in [3.05, 3.63) is 83.6 Å². The van der Waals surface area contributed by atoms with E-state index >= 15 is 0 Å². The van der Waals surface area contributed by atoms with Crippen LogP contribution in [-0.4, -0.2) is 23.5 Å². The summed E-state index contributed by atoms with van der Waals surface area (Å²) in [7, 11) is 0. The number of esters is 1. The summed E-state index contributed by atoms with van der Waals surface area (Å²) >= 11 is 5.83. The van der Waals surface area contributed by atoms with Gasteiger partial charge in [0.25, 0.3) is 5.91 Å². The number of hydrogen-bond acceptors (Lipinski definition) is 5. The molecule has 0 unspecified atom stereocenters. The fourth-order valence-electron chi connectivity index (χ4n) is 2.21. The number of rotatable bonds is 6. The second-order valence-electron chi connectivity index (χ2n) is 5.38. The first-order valence-corrected chi connectivity index (χ1v) is 8.40. The van der Waals surface area contributed by atoms with Crippen LogP contribution in [0.5, 0.6) is 11.5 Å². The highest BCUT2D eigenvalue weighted by Crippen LogP contribution is 2.29. The van der Waals surface area contributed by atoms with Gasteiger partial charge in [-0.3, -0.25) is 4.79 Å². The minimum Gasteiger partial charge on any atom is -0.455 e. The highest BCUT2D eigenvalue weighted by atomic mass is 35.5. The Kier molecular flexibility index (Phi) is 6.02. The number of aromatic nitrogens is 1. The van der Waals surface area contributed by atoms with Gasteiger partial charge in [0.2, 0.25) is 0 Å². The smallest absolute Gasteiger partial charge is 0.341 e. The zero-order valence-electron chi connectivity index (χ0n) is 14.1. The van der Waals surface area contributed by atoms with Gasteiger partial charge >= 0.3 is 5.97 Å². The lowest BCUT2D eigenvalue weighted by Gasteiger charge is -2.12. The van der Waals surface area contributed by atoms with E-state index in [0.29, 0.717) is 17.2 Å². The van der Waals surface area contributed by atoms with Gasteiger partial charge in [0.05, 0.1) is 11.3 Å². The van der Waals surface area contributed by atoms with E-state index in [1.54, 1.807) is 42.5 Å². The normalized spacial score (nSPS) is 10.1. The SMILES string of the molecule is O=C(COC(=O)c1cccnc1Cl)Nc1ccccc1Oc1ccccc1. The fraction of sp³-hybridized carbons (Fsp3) is 0.0500. The van der Waals surface area contributed by atoms with E-state index in [1.165, 1.54) is 12.3 Å². The van der Waals surface area contributed by atoms with Gasteiger partial charge in [-0.05, 0) is 36.4 Å². The van der Waals surface area contributed by atoms with Crippen LogP contribution in [0.3, 0.4) is 0 Å². The number of carbonyl (C=O) groups excluding carboxylic acids is 2. The monoisotopic (exact) mass is 382 g/mol. The van der Waals surface area contributed by atoms with Crippen LogP contribution in [0.2, 0.25) is 5.15 Å². The Balaban J connectivity index is 1.61. The molecular formula is C20H15ClN2O4. The minimum absolute atomic E-state index is 0.0181. The molecule has 6 nitrogen and oxygen atoms in total. The number of halogens is 1. The highest BCUT2D eigenvalue weighted by Gasteiger charge is 2.15. The number of amides is 1. The lowest BCUT2D eigenvalue weighted by atomic mass is 10.3. The van der Waals surface area contributed by atoms with Crippen molar-refractivity contribution in [2.45, 2.75) is 0 Å². The maximum absolute atomic E-state index is 12.1. The molecule has 7 heteroatoms. The molecule has 27 heavy (non-hydrogen) atoms. The van der Waals surface area contributed by atoms with Crippen molar-refractivity contribution >= 4 is 29.2 Å². The molecule has 0 saturated heterocycles. The van der Waals surface area contributed by atoms with E-state index in [9.17, 15) is 9.59 Å². The number of para-hydroxylation sites is 3. The zero-order chi connectivity index (χ0) is 19.1. The van der Waals surface area contributed by atoms with Gasteiger partial charge in [-0.25, -0.2) is 9.78 Å². The topological polar surface area (TPSA) is 77.5 Å². The Morgan fingerprint density at radius 2 is 1.70 bits per heavy atom. The number of nitrogens with zero attached hydrogens (tertiary/aromatic N) is 1. The van der Waals surface area contributed by atoms with Crippen LogP contribution in [0.4, 0.5) is 5.69 Å². The predicted molar refractivity (Wildman–Crippen MR) is 101 cm³/mol. The summed E-state index contributed by atoms with van der Waals surface area (Å²) in [4.78, 5) is 27.9. The Bertz CT molecular complexity index is 947. The molecule has 3 rings (SSSR count). The highest BCUT2D eigenvalue weighted by molar-refractivity contribution is 6.32. The largest absolute Gasteiger partial charge is 0.455 e. The van der Waals surface area contributed by atoms with Gasteiger partial charge in [0.15, 0.2) is 12.4 Å². The quantitative estimate of drug-likeness (QED) is 0.507. The van der Waals surface area contributed by atoms with Crippen molar-refractivity contribution in [3.8, 4) is 11.5 Å². The second kappa shape index (κ2) is 8.82. The fourth-order valence-corrected chi connectivity index (χ4v) is 2.40. The van der Waals surface area contributed by atoms with E-state index in [4.69, 9.17) is 21.1 Å². The van der Waals surface area contributed by atoms with Crippen LogP contribution in [0.25, 0.3) is 0 Å².